The summed E-state index contributed by atoms with van der Waals surface area (Å²) in [5, 5.41) is 6.46. The lowest BCUT2D eigenvalue weighted by molar-refractivity contribution is -0.122. The van der Waals surface area contributed by atoms with Crippen molar-refractivity contribution in [1.29, 1.82) is 0 Å². The summed E-state index contributed by atoms with van der Waals surface area (Å²) in [6.07, 6.45) is 3.12. The Hall–Kier alpha value is -1.35. The first kappa shape index (κ1) is 15.0. The predicted octanol–water partition coefficient (Wildman–Crippen LogP) is 2.64. The summed E-state index contributed by atoms with van der Waals surface area (Å²) in [5.74, 6) is 1.28. The van der Waals surface area contributed by atoms with E-state index in [4.69, 9.17) is 0 Å². The van der Waals surface area contributed by atoms with Gasteiger partial charge in [-0.25, -0.2) is 0 Å². The van der Waals surface area contributed by atoms with Gasteiger partial charge < -0.3 is 10.6 Å². The van der Waals surface area contributed by atoms with Crippen LogP contribution in [0, 0.1) is 18.8 Å². The highest BCUT2D eigenvalue weighted by Gasteiger charge is 2.21. The number of hydrogen-bond donors (Lipinski definition) is 2. The number of aryl methyl sites for hydroxylation is 1. The highest BCUT2D eigenvalue weighted by Crippen LogP contribution is 2.22. The maximum atomic E-state index is 12.0. The van der Waals surface area contributed by atoms with Crippen molar-refractivity contribution in [1.82, 2.24) is 10.6 Å². The van der Waals surface area contributed by atoms with Crippen LogP contribution in [0.2, 0.25) is 0 Å². The number of nitrogens with one attached hydrogen (secondary N) is 2. The maximum absolute atomic E-state index is 12.0. The van der Waals surface area contributed by atoms with Crippen molar-refractivity contribution < 1.29 is 4.79 Å². The molecular formula is C17H26N2O. The minimum atomic E-state index is 0.171. The normalized spacial score (nSPS) is 20.4. The fraction of sp³-hybridized carbons (Fsp3) is 0.588. The highest BCUT2D eigenvalue weighted by molar-refractivity contribution is 5.76. The van der Waals surface area contributed by atoms with Gasteiger partial charge in [0.1, 0.15) is 0 Å². The minimum absolute atomic E-state index is 0.171. The Labute approximate surface area is 122 Å². The maximum Gasteiger partial charge on any atom is 0.220 e. The summed E-state index contributed by atoms with van der Waals surface area (Å²) in [6.45, 7) is 7.10. The van der Waals surface area contributed by atoms with Crippen molar-refractivity contribution in [3.63, 3.8) is 0 Å². The molecule has 20 heavy (non-hydrogen) atoms. The average molecular weight is 274 g/mol. The van der Waals surface area contributed by atoms with Gasteiger partial charge in [-0.05, 0) is 50.3 Å². The SMILES string of the molecule is Cc1cccc(CNC(=O)CC(C)C2CCCNC2)c1. The second kappa shape index (κ2) is 7.44. The molecule has 1 heterocycles. The Morgan fingerprint density at radius 1 is 1.50 bits per heavy atom. The summed E-state index contributed by atoms with van der Waals surface area (Å²) in [5.41, 5.74) is 2.41. The molecule has 1 fully saturated rings. The van der Waals surface area contributed by atoms with Crippen molar-refractivity contribution in [2.45, 2.75) is 39.7 Å². The van der Waals surface area contributed by atoms with Gasteiger partial charge in [-0.3, -0.25) is 4.79 Å². The van der Waals surface area contributed by atoms with Crippen molar-refractivity contribution in [2.24, 2.45) is 11.8 Å². The van der Waals surface area contributed by atoms with Crippen LogP contribution < -0.4 is 10.6 Å². The van der Waals surface area contributed by atoms with E-state index in [0.717, 1.165) is 13.1 Å². The van der Waals surface area contributed by atoms with Gasteiger partial charge in [0, 0.05) is 13.0 Å². The molecule has 1 saturated heterocycles. The number of benzene rings is 1. The molecule has 0 bridgehead atoms. The first-order valence-electron chi connectivity index (χ1n) is 7.68. The first-order chi connectivity index (χ1) is 9.65. The van der Waals surface area contributed by atoms with Crippen LogP contribution in [-0.2, 0) is 11.3 Å². The van der Waals surface area contributed by atoms with Crippen LogP contribution in [0.3, 0.4) is 0 Å². The molecule has 0 saturated carbocycles. The van der Waals surface area contributed by atoms with Crippen LogP contribution in [0.5, 0.6) is 0 Å². The second-order valence-electron chi connectivity index (χ2n) is 6.05. The van der Waals surface area contributed by atoms with E-state index in [0.29, 0.717) is 24.8 Å². The number of hydrogen-bond acceptors (Lipinski definition) is 2. The summed E-state index contributed by atoms with van der Waals surface area (Å²) in [7, 11) is 0. The van der Waals surface area contributed by atoms with Gasteiger partial charge in [0.05, 0.1) is 0 Å². The first-order valence-corrected chi connectivity index (χ1v) is 7.68. The number of rotatable bonds is 5. The summed E-state index contributed by atoms with van der Waals surface area (Å²) < 4.78 is 0. The zero-order valence-electron chi connectivity index (χ0n) is 12.6. The monoisotopic (exact) mass is 274 g/mol. The molecule has 2 N–H and O–H groups in total. The van der Waals surface area contributed by atoms with Crippen LogP contribution in [0.4, 0.5) is 0 Å². The third-order valence-electron chi connectivity index (χ3n) is 4.22. The fourth-order valence-electron chi connectivity index (χ4n) is 2.92. The highest BCUT2D eigenvalue weighted by atomic mass is 16.1. The van der Waals surface area contributed by atoms with Crippen molar-refractivity contribution in [3.05, 3.63) is 35.4 Å². The molecule has 1 aromatic rings. The van der Waals surface area contributed by atoms with Crippen LogP contribution in [0.25, 0.3) is 0 Å². The van der Waals surface area contributed by atoms with Crippen molar-refractivity contribution >= 4 is 5.91 Å². The molecule has 2 unspecified atom stereocenters. The molecule has 3 nitrogen and oxygen atoms in total. The third-order valence-corrected chi connectivity index (χ3v) is 4.22. The number of carbonyl (C=O) groups is 1. The minimum Gasteiger partial charge on any atom is -0.352 e. The van der Waals surface area contributed by atoms with Crippen LogP contribution in [0.15, 0.2) is 24.3 Å². The summed E-state index contributed by atoms with van der Waals surface area (Å²) in [6, 6.07) is 8.28. The van der Waals surface area contributed by atoms with Crippen LogP contribution >= 0.6 is 0 Å². The average Bonchev–Trinajstić information content (AvgIpc) is 2.46. The van der Waals surface area contributed by atoms with Gasteiger partial charge in [0.25, 0.3) is 0 Å². The molecule has 0 aliphatic carbocycles. The van der Waals surface area contributed by atoms with Gasteiger partial charge in [0.15, 0.2) is 0 Å². The van der Waals surface area contributed by atoms with E-state index in [-0.39, 0.29) is 5.91 Å². The molecule has 2 rings (SSSR count). The van der Waals surface area contributed by atoms with Gasteiger partial charge in [0.2, 0.25) is 5.91 Å². The third kappa shape index (κ3) is 4.64. The van der Waals surface area contributed by atoms with Crippen LogP contribution in [0.1, 0.15) is 37.3 Å². The van der Waals surface area contributed by atoms with Crippen molar-refractivity contribution in [3.8, 4) is 0 Å². The lowest BCUT2D eigenvalue weighted by Gasteiger charge is -2.28. The standard InChI is InChI=1S/C17H26N2O/c1-13-5-3-6-15(9-13)11-19-17(20)10-14(2)16-7-4-8-18-12-16/h3,5-6,9,14,16,18H,4,7-8,10-12H2,1-2H3,(H,19,20). The van der Waals surface area contributed by atoms with Gasteiger partial charge in [-0.2, -0.15) is 0 Å². The van der Waals surface area contributed by atoms with Gasteiger partial charge >= 0.3 is 0 Å². The molecule has 2 atom stereocenters. The molecule has 110 valence electrons. The second-order valence-corrected chi connectivity index (χ2v) is 6.05. The molecule has 1 amide bonds. The Balaban J connectivity index is 1.74. The Bertz CT molecular complexity index is 438. The Kier molecular flexibility index (Phi) is 5.60. The number of carbonyl (C=O) groups excluding carboxylic acids is 1. The quantitative estimate of drug-likeness (QED) is 0.866. The van der Waals surface area contributed by atoms with Crippen LogP contribution in [-0.4, -0.2) is 19.0 Å². The molecule has 1 aliphatic rings. The molecule has 0 spiro atoms. The molecule has 0 aromatic heterocycles. The van der Waals surface area contributed by atoms with Gasteiger partial charge in [-0.15, -0.1) is 0 Å². The van der Waals surface area contributed by atoms with Crippen molar-refractivity contribution in [2.75, 3.05) is 13.1 Å². The smallest absolute Gasteiger partial charge is 0.220 e. The number of piperidine rings is 1. The summed E-state index contributed by atoms with van der Waals surface area (Å²) in [4.78, 5) is 12.0. The molecule has 3 heteroatoms. The Morgan fingerprint density at radius 2 is 2.35 bits per heavy atom. The Morgan fingerprint density at radius 3 is 3.05 bits per heavy atom. The van der Waals surface area contributed by atoms with E-state index in [1.165, 1.54) is 24.0 Å². The molecule has 1 aromatic carbocycles. The van der Waals surface area contributed by atoms with E-state index in [9.17, 15) is 4.79 Å². The molecular weight excluding hydrogens is 248 g/mol. The van der Waals surface area contributed by atoms with E-state index in [1.54, 1.807) is 0 Å². The van der Waals surface area contributed by atoms with E-state index in [2.05, 4.69) is 42.7 Å². The van der Waals surface area contributed by atoms with E-state index in [1.807, 2.05) is 6.07 Å². The predicted molar refractivity (Wildman–Crippen MR) is 82.4 cm³/mol. The summed E-state index contributed by atoms with van der Waals surface area (Å²) >= 11 is 0. The van der Waals surface area contributed by atoms with E-state index < -0.39 is 0 Å². The molecule has 0 radical (unpaired) electrons. The number of amides is 1. The topological polar surface area (TPSA) is 41.1 Å². The van der Waals surface area contributed by atoms with E-state index >= 15 is 0 Å². The zero-order valence-corrected chi connectivity index (χ0v) is 12.6. The molecule has 1 aliphatic heterocycles. The fourth-order valence-corrected chi connectivity index (χ4v) is 2.92. The lowest BCUT2D eigenvalue weighted by Crippen LogP contribution is -2.35. The zero-order chi connectivity index (χ0) is 14.4. The largest absolute Gasteiger partial charge is 0.352 e. The van der Waals surface area contributed by atoms with Gasteiger partial charge in [-0.1, -0.05) is 36.8 Å². The lowest BCUT2D eigenvalue weighted by atomic mass is 9.85.